The molecule has 1 aromatic carbocycles. The number of halogens is 2. The average Bonchev–Trinajstić information content (AvgIpc) is 2.65. The largest absolute Gasteiger partial charge is 0.286 e. The van der Waals surface area contributed by atoms with Crippen LogP contribution in [0.25, 0.3) is 0 Å². The van der Waals surface area contributed by atoms with Gasteiger partial charge in [-0.05, 0) is 62.8 Å². The van der Waals surface area contributed by atoms with E-state index in [0.717, 1.165) is 3.57 Å². The van der Waals surface area contributed by atoms with Gasteiger partial charge >= 0.3 is 0 Å². The zero-order valence-corrected chi connectivity index (χ0v) is 12.0. The molecular formula is C10H5BrINOS. The Morgan fingerprint density at radius 3 is 2.53 bits per heavy atom. The molecule has 0 aliphatic heterocycles. The van der Waals surface area contributed by atoms with Crippen LogP contribution >= 0.6 is 49.9 Å². The summed E-state index contributed by atoms with van der Waals surface area (Å²) in [6, 6.07) is 7.46. The lowest BCUT2D eigenvalue weighted by Gasteiger charge is -1.96. The summed E-state index contributed by atoms with van der Waals surface area (Å²) in [6.07, 6.45) is 0. The lowest BCUT2D eigenvalue weighted by Crippen LogP contribution is -2.00. The third kappa shape index (κ3) is 2.64. The summed E-state index contributed by atoms with van der Waals surface area (Å²) in [5.74, 6) is -0.0258. The first-order valence-electron chi connectivity index (χ1n) is 4.08. The highest BCUT2D eigenvalue weighted by atomic mass is 127. The first-order chi connectivity index (χ1) is 7.16. The highest BCUT2D eigenvalue weighted by Gasteiger charge is 2.12. The summed E-state index contributed by atoms with van der Waals surface area (Å²) in [5, 5.41) is 2.32. The van der Waals surface area contributed by atoms with Crippen molar-refractivity contribution in [1.82, 2.24) is 4.98 Å². The van der Waals surface area contributed by atoms with E-state index >= 15 is 0 Å². The van der Waals surface area contributed by atoms with Gasteiger partial charge in [0.25, 0.3) is 0 Å². The van der Waals surface area contributed by atoms with Gasteiger partial charge in [0.15, 0.2) is 5.01 Å². The van der Waals surface area contributed by atoms with Crippen LogP contribution in [-0.2, 0) is 0 Å². The molecule has 5 heteroatoms. The van der Waals surface area contributed by atoms with Gasteiger partial charge in [0.1, 0.15) is 4.60 Å². The average molecular weight is 394 g/mol. The number of nitrogens with zero attached hydrogens (tertiary/aromatic N) is 1. The van der Waals surface area contributed by atoms with Crippen LogP contribution in [0, 0.1) is 3.57 Å². The van der Waals surface area contributed by atoms with Crippen molar-refractivity contribution in [3.8, 4) is 0 Å². The van der Waals surface area contributed by atoms with Crippen LogP contribution in [0.15, 0.2) is 34.2 Å². The van der Waals surface area contributed by atoms with Crippen LogP contribution < -0.4 is 0 Å². The van der Waals surface area contributed by atoms with Crippen LogP contribution in [0.4, 0.5) is 0 Å². The Morgan fingerprint density at radius 2 is 2.00 bits per heavy atom. The molecule has 0 fully saturated rings. The van der Waals surface area contributed by atoms with Gasteiger partial charge in [-0.1, -0.05) is 0 Å². The Kier molecular flexibility index (Phi) is 3.53. The van der Waals surface area contributed by atoms with E-state index in [0.29, 0.717) is 15.2 Å². The first-order valence-corrected chi connectivity index (χ1v) is 6.83. The first kappa shape index (κ1) is 11.2. The molecule has 0 N–H and O–H groups in total. The number of rotatable bonds is 2. The molecule has 2 rings (SSSR count). The topological polar surface area (TPSA) is 30.0 Å². The van der Waals surface area contributed by atoms with Crippen molar-refractivity contribution in [2.75, 3.05) is 0 Å². The molecule has 0 spiro atoms. The van der Waals surface area contributed by atoms with Crippen molar-refractivity contribution in [3.05, 3.63) is 48.4 Å². The van der Waals surface area contributed by atoms with Gasteiger partial charge in [-0.25, -0.2) is 4.98 Å². The molecule has 15 heavy (non-hydrogen) atoms. The van der Waals surface area contributed by atoms with E-state index in [1.54, 1.807) is 5.38 Å². The van der Waals surface area contributed by atoms with Gasteiger partial charge in [-0.2, -0.15) is 0 Å². The molecule has 0 atom stereocenters. The molecule has 0 unspecified atom stereocenters. The van der Waals surface area contributed by atoms with Crippen molar-refractivity contribution < 1.29 is 4.79 Å². The normalized spacial score (nSPS) is 10.3. The number of ketones is 1. The van der Waals surface area contributed by atoms with E-state index in [4.69, 9.17) is 0 Å². The van der Waals surface area contributed by atoms with Crippen LogP contribution in [-0.4, -0.2) is 10.8 Å². The molecule has 0 saturated heterocycles. The van der Waals surface area contributed by atoms with Crippen molar-refractivity contribution in [1.29, 1.82) is 0 Å². The van der Waals surface area contributed by atoms with Crippen molar-refractivity contribution in [2.45, 2.75) is 0 Å². The molecule has 1 heterocycles. The van der Waals surface area contributed by atoms with Gasteiger partial charge in [0, 0.05) is 14.5 Å². The van der Waals surface area contributed by atoms with Crippen molar-refractivity contribution in [3.63, 3.8) is 0 Å². The number of carbonyl (C=O) groups is 1. The maximum Gasteiger partial charge on any atom is 0.221 e. The molecule has 2 nitrogen and oxygen atoms in total. The maximum absolute atomic E-state index is 11.9. The monoisotopic (exact) mass is 393 g/mol. The van der Waals surface area contributed by atoms with Gasteiger partial charge in [-0.15, -0.1) is 11.3 Å². The number of hydrogen-bond acceptors (Lipinski definition) is 3. The van der Waals surface area contributed by atoms with Crippen LogP contribution in [0.3, 0.4) is 0 Å². The van der Waals surface area contributed by atoms with Crippen LogP contribution in [0.2, 0.25) is 0 Å². The third-order valence-electron chi connectivity index (χ3n) is 1.78. The van der Waals surface area contributed by atoms with Crippen molar-refractivity contribution >= 4 is 55.6 Å². The fourth-order valence-electron chi connectivity index (χ4n) is 1.08. The maximum atomic E-state index is 11.9. The van der Waals surface area contributed by atoms with Gasteiger partial charge in [0.05, 0.1) is 0 Å². The molecule has 0 radical (unpaired) electrons. The molecule has 76 valence electrons. The summed E-state index contributed by atoms with van der Waals surface area (Å²) in [7, 11) is 0. The molecule has 2 aromatic rings. The molecule has 0 saturated carbocycles. The number of benzene rings is 1. The third-order valence-corrected chi connectivity index (χ3v) is 4.05. The van der Waals surface area contributed by atoms with Crippen molar-refractivity contribution in [2.24, 2.45) is 0 Å². The van der Waals surface area contributed by atoms with Gasteiger partial charge in [-0.3, -0.25) is 4.79 Å². The minimum atomic E-state index is -0.0258. The smallest absolute Gasteiger partial charge is 0.221 e. The molecular weight excluding hydrogens is 389 g/mol. The molecule has 0 aliphatic rings. The summed E-state index contributed by atoms with van der Waals surface area (Å²) in [4.78, 5) is 16.0. The van der Waals surface area contributed by atoms with Gasteiger partial charge < -0.3 is 0 Å². The molecule has 0 bridgehead atoms. The number of thiazole rings is 1. The quantitative estimate of drug-likeness (QED) is 0.574. The Hall–Kier alpha value is -0.270. The van der Waals surface area contributed by atoms with E-state index in [2.05, 4.69) is 43.5 Å². The number of hydrogen-bond donors (Lipinski definition) is 0. The Bertz CT molecular complexity index is 494. The number of aromatic nitrogens is 1. The van der Waals surface area contributed by atoms with E-state index < -0.39 is 0 Å². The van der Waals surface area contributed by atoms with Crippen LogP contribution in [0.5, 0.6) is 0 Å². The predicted octanol–water partition coefficient (Wildman–Crippen LogP) is 3.74. The van der Waals surface area contributed by atoms with Gasteiger partial charge in [0.2, 0.25) is 5.78 Å². The zero-order valence-electron chi connectivity index (χ0n) is 7.41. The van der Waals surface area contributed by atoms with E-state index in [-0.39, 0.29) is 5.78 Å². The second-order valence-corrected chi connectivity index (χ2v) is 5.73. The predicted molar refractivity (Wildman–Crippen MR) is 72.4 cm³/mol. The van der Waals surface area contributed by atoms with E-state index in [1.807, 2.05) is 24.3 Å². The standard InChI is InChI=1S/C10H5BrINOS/c11-8-5-15-10(13-8)9(14)6-1-3-7(12)4-2-6/h1-5H. The fourth-order valence-corrected chi connectivity index (χ4v) is 2.66. The molecule has 0 amide bonds. The summed E-state index contributed by atoms with van der Waals surface area (Å²) >= 11 is 6.78. The SMILES string of the molecule is O=C(c1ccc(I)cc1)c1nc(Br)cs1. The lowest BCUT2D eigenvalue weighted by atomic mass is 10.1. The second-order valence-electron chi connectivity index (χ2n) is 2.81. The van der Waals surface area contributed by atoms with Crippen LogP contribution in [0.1, 0.15) is 15.4 Å². The molecule has 1 aromatic heterocycles. The molecule has 0 aliphatic carbocycles. The summed E-state index contributed by atoms with van der Waals surface area (Å²) in [5.41, 5.74) is 0.678. The minimum Gasteiger partial charge on any atom is -0.286 e. The fraction of sp³-hybridized carbons (Fsp3) is 0. The van der Waals surface area contributed by atoms with E-state index in [9.17, 15) is 4.79 Å². The Morgan fingerprint density at radius 1 is 1.33 bits per heavy atom. The zero-order chi connectivity index (χ0) is 10.8. The van der Waals surface area contributed by atoms with E-state index in [1.165, 1.54) is 11.3 Å². The lowest BCUT2D eigenvalue weighted by molar-refractivity contribution is 0.103. The highest BCUT2D eigenvalue weighted by Crippen LogP contribution is 2.18. The Labute approximate surface area is 113 Å². The summed E-state index contributed by atoms with van der Waals surface area (Å²) in [6.45, 7) is 0. The minimum absolute atomic E-state index is 0.0258. The summed E-state index contributed by atoms with van der Waals surface area (Å²) < 4.78 is 1.82. The Balaban J connectivity index is 2.32. The number of carbonyl (C=O) groups excluding carboxylic acids is 1. The second kappa shape index (κ2) is 4.71. The highest BCUT2D eigenvalue weighted by molar-refractivity contribution is 14.1.